The van der Waals surface area contributed by atoms with Gasteiger partial charge in [0.25, 0.3) is 5.69 Å². The number of rotatable bonds is 1. The van der Waals surface area contributed by atoms with Crippen molar-refractivity contribution in [2.75, 3.05) is 0 Å². The van der Waals surface area contributed by atoms with E-state index in [0.29, 0.717) is 16.5 Å². The number of benzene rings is 1. The molecule has 0 radical (unpaired) electrons. The first-order valence-electron chi connectivity index (χ1n) is 4.75. The molecule has 1 aromatic heterocycles. The Morgan fingerprint density at radius 1 is 1.38 bits per heavy atom. The summed E-state index contributed by atoms with van der Waals surface area (Å²) >= 11 is 0. The molecule has 0 saturated heterocycles. The smallest absolute Gasteiger partial charge is 0.271 e. The Hall–Kier alpha value is -2.17. The van der Waals surface area contributed by atoms with Crippen LogP contribution in [0.4, 0.5) is 5.69 Å². The van der Waals surface area contributed by atoms with Crippen LogP contribution in [-0.2, 0) is 7.05 Å². The summed E-state index contributed by atoms with van der Waals surface area (Å²) in [5, 5.41) is 11.1. The first-order valence-corrected chi connectivity index (χ1v) is 4.75. The molecular formula is C11H10N2O3. The van der Waals surface area contributed by atoms with E-state index in [1.165, 1.54) is 18.2 Å². The van der Waals surface area contributed by atoms with E-state index in [9.17, 15) is 14.9 Å². The molecule has 2 rings (SSSR count). The largest absolute Gasteiger partial charge is 0.350 e. The molecule has 1 heterocycles. The minimum absolute atomic E-state index is 0.00801. The first kappa shape index (κ1) is 10.4. The highest BCUT2D eigenvalue weighted by Gasteiger charge is 2.10. The minimum Gasteiger partial charge on any atom is -0.350 e. The highest BCUT2D eigenvalue weighted by atomic mass is 16.6. The van der Waals surface area contributed by atoms with Crippen LogP contribution in [0.15, 0.2) is 29.2 Å². The summed E-state index contributed by atoms with van der Waals surface area (Å²) in [4.78, 5) is 21.9. The van der Waals surface area contributed by atoms with Crippen molar-refractivity contribution in [1.29, 1.82) is 0 Å². The van der Waals surface area contributed by atoms with Gasteiger partial charge in [0.2, 0.25) is 0 Å². The van der Waals surface area contributed by atoms with Gasteiger partial charge in [0.15, 0.2) is 5.43 Å². The molecule has 0 aliphatic heterocycles. The maximum absolute atomic E-state index is 11.8. The fourth-order valence-electron chi connectivity index (χ4n) is 1.75. The Balaban J connectivity index is 2.90. The van der Waals surface area contributed by atoms with Crippen LogP contribution < -0.4 is 5.43 Å². The van der Waals surface area contributed by atoms with Gasteiger partial charge >= 0.3 is 0 Å². The van der Waals surface area contributed by atoms with Crippen LogP contribution in [0, 0.1) is 17.0 Å². The predicted molar refractivity (Wildman–Crippen MR) is 60.6 cm³/mol. The second-order valence-electron chi connectivity index (χ2n) is 3.71. The van der Waals surface area contributed by atoms with Crippen molar-refractivity contribution in [3.63, 3.8) is 0 Å². The van der Waals surface area contributed by atoms with Crippen LogP contribution in [0.1, 0.15) is 5.56 Å². The molecule has 0 N–H and O–H groups in total. The van der Waals surface area contributed by atoms with Crippen LogP contribution >= 0.6 is 0 Å². The highest BCUT2D eigenvalue weighted by Crippen LogP contribution is 2.18. The van der Waals surface area contributed by atoms with Gasteiger partial charge < -0.3 is 4.57 Å². The second-order valence-corrected chi connectivity index (χ2v) is 3.71. The average molecular weight is 218 g/mol. The molecule has 0 bridgehead atoms. The highest BCUT2D eigenvalue weighted by molar-refractivity contribution is 5.81. The fourth-order valence-corrected chi connectivity index (χ4v) is 1.75. The molecule has 0 aliphatic rings. The van der Waals surface area contributed by atoms with Gasteiger partial charge in [-0.25, -0.2) is 0 Å². The lowest BCUT2D eigenvalue weighted by Gasteiger charge is -2.06. The zero-order valence-corrected chi connectivity index (χ0v) is 8.93. The van der Waals surface area contributed by atoms with Crippen molar-refractivity contribution in [2.24, 2.45) is 7.05 Å². The van der Waals surface area contributed by atoms with E-state index in [0.717, 1.165) is 0 Å². The summed E-state index contributed by atoms with van der Waals surface area (Å²) < 4.78 is 1.72. The number of hydrogen-bond acceptors (Lipinski definition) is 3. The standard InChI is InChI=1S/C11H10N2O3/c1-7-6-12(2)10-5-8(13(15)16)3-4-9(10)11(7)14/h3-6H,1-2H3. The lowest BCUT2D eigenvalue weighted by Crippen LogP contribution is -2.10. The maximum Gasteiger partial charge on any atom is 0.271 e. The summed E-state index contributed by atoms with van der Waals surface area (Å²) in [6.45, 7) is 1.73. The van der Waals surface area contributed by atoms with E-state index in [4.69, 9.17) is 0 Å². The lowest BCUT2D eigenvalue weighted by molar-refractivity contribution is -0.384. The number of pyridine rings is 1. The summed E-state index contributed by atoms with van der Waals surface area (Å²) in [7, 11) is 1.76. The van der Waals surface area contributed by atoms with E-state index < -0.39 is 4.92 Å². The molecule has 5 heteroatoms. The van der Waals surface area contributed by atoms with Crippen LogP contribution in [0.3, 0.4) is 0 Å². The number of non-ortho nitro benzene ring substituents is 1. The third kappa shape index (κ3) is 1.46. The van der Waals surface area contributed by atoms with E-state index in [1.54, 1.807) is 24.7 Å². The van der Waals surface area contributed by atoms with Gasteiger partial charge in [-0.2, -0.15) is 0 Å². The minimum atomic E-state index is -0.468. The number of nitro benzene ring substituents is 1. The Morgan fingerprint density at radius 3 is 2.69 bits per heavy atom. The first-order chi connectivity index (χ1) is 7.50. The summed E-state index contributed by atoms with van der Waals surface area (Å²) in [6, 6.07) is 4.27. The second kappa shape index (κ2) is 3.44. The number of aryl methyl sites for hydroxylation is 2. The topological polar surface area (TPSA) is 65.1 Å². The van der Waals surface area contributed by atoms with Crippen molar-refractivity contribution >= 4 is 16.6 Å². The summed E-state index contributed by atoms with van der Waals surface area (Å²) in [6.07, 6.45) is 1.67. The molecule has 0 fully saturated rings. The van der Waals surface area contributed by atoms with Gasteiger partial charge in [0.05, 0.1) is 10.4 Å². The number of fused-ring (bicyclic) bond motifs is 1. The zero-order valence-electron chi connectivity index (χ0n) is 8.93. The SMILES string of the molecule is Cc1cn(C)c2cc([N+](=O)[O-])ccc2c1=O. The Morgan fingerprint density at radius 2 is 2.06 bits per heavy atom. The molecule has 0 amide bonds. The van der Waals surface area contributed by atoms with E-state index in [1.807, 2.05) is 0 Å². The van der Waals surface area contributed by atoms with E-state index in [2.05, 4.69) is 0 Å². The van der Waals surface area contributed by atoms with Gasteiger partial charge in [-0.05, 0) is 13.0 Å². The third-order valence-corrected chi connectivity index (χ3v) is 2.56. The Kier molecular flexibility index (Phi) is 2.23. The molecule has 5 nitrogen and oxygen atoms in total. The molecular weight excluding hydrogens is 208 g/mol. The van der Waals surface area contributed by atoms with Crippen molar-refractivity contribution in [3.8, 4) is 0 Å². The molecule has 0 aliphatic carbocycles. The monoisotopic (exact) mass is 218 g/mol. The molecule has 1 aromatic carbocycles. The van der Waals surface area contributed by atoms with Gasteiger partial charge in [-0.3, -0.25) is 14.9 Å². The molecule has 16 heavy (non-hydrogen) atoms. The molecule has 82 valence electrons. The number of hydrogen-bond donors (Lipinski definition) is 0. The maximum atomic E-state index is 11.8. The van der Waals surface area contributed by atoms with Crippen molar-refractivity contribution < 1.29 is 4.92 Å². The molecule has 2 aromatic rings. The number of aromatic nitrogens is 1. The predicted octanol–water partition coefficient (Wildman–Crippen LogP) is 1.76. The van der Waals surface area contributed by atoms with E-state index in [-0.39, 0.29) is 11.1 Å². The number of nitrogens with zero attached hydrogens (tertiary/aromatic N) is 2. The summed E-state index contributed by atoms with van der Waals surface area (Å²) in [5.74, 6) is 0. The van der Waals surface area contributed by atoms with Crippen molar-refractivity contribution in [3.05, 3.63) is 50.3 Å². The van der Waals surface area contributed by atoms with Gasteiger partial charge in [0, 0.05) is 36.3 Å². The molecule has 0 unspecified atom stereocenters. The van der Waals surface area contributed by atoms with Crippen LogP contribution in [0.5, 0.6) is 0 Å². The van der Waals surface area contributed by atoms with E-state index >= 15 is 0 Å². The van der Waals surface area contributed by atoms with Crippen molar-refractivity contribution in [1.82, 2.24) is 4.57 Å². The lowest BCUT2D eigenvalue weighted by atomic mass is 10.1. The Labute approximate surface area is 91.1 Å². The molecule has 0 atom stereocenters. The zero-order chi connectivity index (χ0) is 11.9. The third-order valence-electron chi connectivity index (χ3n) is 2.56. The van der Waals surface area contributed by atoms with Crippen LogP contribution in [0.2, 0.25) is 0 Å². The fraction of sp³-hybridized carbons (Fsp3) is 0.182. The quantitative estimate of drug-likeness (QED) is 0.541. The van der Waals surface area contributed by atoms with Crippen LogP contribution in [0.25, 0.3) is 10.9 Å². The molecule has 0 spiro atoms. The van der Waals surface area contributed by atoms with Gasteiger partial charge in [0.1, 0.15) is 0 Å². The number of nitro groups is 1. The van der Waals surface area contributed by atoms with Gasteiger partial charge in [-0.15, -0.1) is 0 Å². The average Bonchev–Trinajstić information content (AvgIpc) is 2.25. The van der Waals surface area contributed by atoms with Gasteiger partial charge in [-0.1, -0.05) is 0 Å². The summed E-state index contributed by atoms with van der Waals surface area (Å²) in [5.41, 5.74) is 1.11. The molecule has 0 saturated carbocycles. The Bertz CT molecular complexity index is 643. The van der Waals surface area contributed by atoms with Crippen molar-refractivity contribution in [2.45, 2.75) is 6.92 Å². The van der Waals surface area contributed by atoms with Crippen LogP contribution in [-0.4, -0.2) is 9.49 Å². The normalized spacial score (nSPS) is 10.6.